The van der Waals surface area contributed by atoms with Crippen molar-refractivity contribution in [1.29, 1.82) is 0 Å². The molecular weight excluding hydrogens is 244 g/mol. The minimum absolute atomic E-state index is 0.457. The Kier molecular flexibility index (Phi) is 4.43. The largest absolute Gasteiger partial charge is 0.479 e. The van der Waals surface area contributed by atoms with Crippen LogP contribution in [0.2, 0.25) is 0 Å². The maximum Gasteiger partial charge on any atom is 0.344 e. The summed E-state index contributed by atoms with van der Waals surface area (Å²) in [5.41, 5.74) is 2.01. The summed E-state index contributed by atoms with van der Waals surface area (Å²) in [4.78, 5) is 11.1. The number of aliphatic hydroxyl groups is 1. The molecule has 1 unspecified atom stereocenters. The molecule has 0 saturated carbocycles. The lowest BCUT2D eigenvalue weighted by molar-refractivity contribution is -0.145. The molecule has 0 aromatic heterocycles. The number of fused-ring (bicyclic) bond motifs is 1. The second-order valence-corrected chi connectivity index (χ2v) is 5.00. The van der Waals surface area contributed by atoms with Gasteiger partial charge in [-0.25, -0.2) is 4.79 Å². The second-order valence-electron chi connectivity index (χ2n) is 5.00. The Labute approximate surface area is 113 Å². The van der Waals surface area contributed by atoms with E-state index in [1.54, 1.807) is 12.1 Å². The number of carboxylic acids is 1. The number of hydrogen-bond acceptors (Lipinski definition) is 3. The maximum absolute atomic E-state index is 11.1. The van der Waals surface area contributed by atoms with Gasteiger partial charge < -0.3 is 14.9 Å². The molecule has 0 fully saturated rings. The number of aliphatic carboxylic acids is 1. The van der Waals surface area contributed by atoms with Gasteiger partial charge in [0, 0.05) is 0 Å². The Hall–Kier alpha value is -1.55. The van der Waals surface area contributed by atoms with Gasteiger partial charge in [-0.1, -0.05) is 19.4 Å². The summed E-state index contributed by atoms with van der Waals surface area (Å²) >= 11 is 0. The first-order valence-corrected chi connectivity index (χ1v) is 6.82. The van der Waals surface area contributed by atoms with Crippen molar-refractivity contribution in [2.75, 3.05) is 0 Å². The van der Waals surface area contributed by atoms with Crippen molar-refractivity contribution >= 4 is 5.97 Å². The van der Waals surface area contributed by atoms with Gasteiger partial charge in [-0.2, -0.15) is 0 Å². The standard InChI is InChI=1S/C15H20O4/c1-2-4-14(15(17)18)19-11-8-7-10-5-3-6-13(16)12(10)9-11/h7-9,13-14,16H,2-6H2,1H3,(H,17,18)/t13-,14?/m0/s1. The number of benzene rings is 1. The Morgan fingerprint density at radius 2 is 2.32 bits per heavy atom. The fourth-order valence-electron chi connectivity index (χ4n) is 2.48. The van der Waals surface area contributed by atoms with Crippen LogP contribution in [0.4, 0.5) is 0 Å². The zero-order valence-electron chi connectivity index (χ0n) is 11.1. The van der Waals surface area contributed by atoms with Crippen LogP contribution in [0.15, 0.2) is 18.2 Å². The number of rotatable bonds is 5. The predicted octanol–water partition coefficient (Wildman–Crippen LogP) is 2.69. The van der Waals surface area contributed by atoms with Gasteiger partial charge in [0.15, 0.2) is 6.10 Å². The first kappa shape index (κ1) is 13.9. The summed E-state index contributed by atoms with van der Waals surface area (Å²) in [6.45, 7) is 1.93. The first-order valence-electron chi connectivity index (χ1n) is 6.82. The number of aryl methyl sites for hydroxylation is 1. The summed E-state index contributed by atoms with van der Waals surface area (Å²) in [6.07, 6.45) is 2.67. The van der Waals surface area contributed by atoms with E-state index < -0.39 is 18.2 Å². The fraction of sp³-hybridized carbons (Fsp3) is 0.533. The van der Waals surface area contributed by atoms with Crippen LogP contribution in [0.3, 0.4) is 0 Å². The third kappa shape index (κ3) is 3.26. The Morgan fingerprint density at radius 1 is 1.53 bits per heavy atom. The van der Waals surface area contributed by atoms with Gasteiger partial charge in [0.1, 0.15) is 5.75 Å². The van der Waals surface area contributed by atoms with Crippen LogP contribution in [0, 0.1) is 0 Å². The smallest absolute Gasteiger partial charge is 0.344 e. The number of ether oxygens (including phenoxy) is 1. The molecule has 0 bridgehead atoms. The molecule has 1 aromatic carbocycles. The Bertz CT molecular complexity index is 455. The molecule has 19 heavy (non-hydrogen) atoms. The van der Waals surface area contributed by atoms with Crippen molar-refractivity contribution in [3.05, 3.63) is 29.3 Å². The van der Waals surface area contributed by atoms with Crippen LogP contribution in [-0.4, -0.2) is 22.3 Å². The molecule has 4 heteroatoms. The molecule has 1 aliphatic carbocycles. The summed E-state index contributed by atoms with van der Waals surface area (Å²) < 4.78 is 5.52. The van der Waals surface area contributed by atoms with E-state index in [0.29, 0.717) is 12.2 Å². The van der Waals surface area contributed by atoms with Crippen molar-refractivity contribution in [1.82, 2.24) is 0 Å². The van der Waals surface area contributed by atoms with Gasteiger partial charge in [0.2, 0.25) is 0 Å². The average molecular weight is 264 g/mol. The third-order valence-corrected chi connectivity index (χ3v) is 3.50. The van der Waals surface area contributed by atoms with Gasteiger partial charge in [0.05, 0.1) is 6.10 Å². The molecular formula is C15H20O4. The highest BCUT2D eigenvalue weighted by atomic mass is 16.5. The first-order chi connectivity index (χ1) is 9.11. The molecule has 1 aliphatic rings. The molecule has 0 heterocycles. The highest BCUT2D eigenvalue weighted by molar-refractivity contribution is 5.72. The normalized spacial score (nSPS) is 19.6. The highest BCUT2D eigenvalue weighted by Crippen LogP contribution is 2.32. The molecule has 2 rings (SSSR count). The Morgan fingerprint density at radius 3 is 3.00 bits per heavy atom. The summed E-state index contributed by atoms with van der Waals surface area (Å²) in [6, 6.07) is 5.51. The van der Waals surface area contributed by atoms with Crippen LogP contribution >= 0.6 is 0 Å². The zero-order valence-corrected chi connectivity index (χ0v) is 11.1. The monoisotopic (exact) mass is 264 g/mol. The lowest BCUT2D eigenvalue weighted by Crippen LogP contribution is -2.26. The molecule has 0 radical (unpaired) electrons. The van der Waals surface area contributed by atoms with Gasteiger partial charge in [-0.3, -0.25) is 0 Å². The third-order valence-electron chi connectivity index (χ3n) is 3.50. The van der Waals surface area contributed by atoms with E-state index in [9.17, 15) is 9.90 Å². The van der Waals surface area contributed by atoms with E-state index in [2.05, 4.69) is 0 Å². The van der Waals surface area contributed by atoms with E-state index in [1.165, 1.54) is 0 Å². The number of aliphatic hydroxyl groups excluding tert-OH is 1. The molecule has 0 spiro atoms. The minimum atomic E-state index is -0.944. The zero-order chi connectivity index (χ0) is 13.8. The van der Waals surface area contributed by atoms with Crippen molar-refractivity contribution in [3.63, 3.8) is 0 Å². The van der Waals surface area contributed by atoms with Crippen molar-refractivity contribution in [3.8, 4) is 5.75 Å². The van der Waals surface area contributed by atoms with E-state index in [0.717, 1.165) is 36.8 Å². The van der Waals surface area contributed by atoms with Crippen molar-refractivity contribution in [2.45, 2.75) is 51.2 Å². The van der Waals surface area contributed by atoms with Gasteiger partial charge in [-0.05, 0) is 48.9 Å². The minimum Gasteiger partial charge on any atom is -0.479 e. The lowest BCUT2D eigenvalue weighted by atomic mass is 9.89. The van der Waals surface area contributed by atoms with Gasteiger partial charge in [0.25, 0.3) is 0 Å². The average Bonchev–Trinajstić information content (AvgIpc) is 2.39. The maximum atomic E-state index is 11.1. The Balaban J connectivity index is 2.17. The number of carbonyl (C=O) groups is 1. The quantitative estimate of drug-likeness (QED) is 0.858. The fourth-order valence-corrected chi connectivity index (χ4v) is 2.48. The SMILES string of the molecule is CCCC(Oc1ccc2c(c1)[C@@H](O)CCC2)C(=O)O. The van der Waals surface area contributed by atoms with Crippen LogP contribution in [0.5, 0.6) is 5.75 Å². The number of hydrogen-bond donors (Lipinski definition) is 2. The summed E-state index contributed by atoms with van der Waals surface area (Å²) in [5, 5.41) is 19.0. The summed E-state index contributed by atoms with van der Waals surface area (Å²) in [5.74, 6) is -0.416. The van der Waals surface area contributed by atoms with Gasteiger partial charge >= 0.3 is 5.97 Å². The van der Waals surface area contributed by atoms with Crippen LogP contribution in [0.1, 0.15) is 49.8 Å². The number of carboxylic acid groups (broad SMARTS) is 1. The molecule has 1 aromatic rings. The molecule has 4 nitrogen and oxygen atoms in total. The van der Waals surface area contributed by atoms with Crippen molar-refractivity contribution in [2.24, 2.45) is 0 Å². The molecule has 2 atom stereocenters. The van der Waals surface area contributed by atoms with E-state index >= 15 is 0 Å². The lowest BCUT2D eigenvalue weighted by Gasteiger charge is -2.23. The van der Waals surface area contributed by atoms with E-state index in [1.807, 2.05) is 13.0 Å². The second kappa shape index (κ2) is 6.06. The highest BCUT2D eigenvalue weighted by Gasteiger charge is 2.21. The van der Waals surface area contributed by atoms with E-state index in [4.69, 9.17) is 9.84 Å². The van der Waals surface area contributed by atoms with E-state index in [-0.39, 0.29) is 0 Å². The van der Waals surface area contributed by atoms with Crippen molar-refractivity contribution < 1.29 is 19.7 Å². The van der Waals surface area contributed by atoms with Crippen LogP contribution in [-0.2, 0) is 11.2 Å². The topological polar surface area (TPSA) is 66.8 Å². The molecule has 0 aliphatic heterocycles. The molecule has 2 N–H and O–H groups in total. The predicted molar refractivity (Wildman–Crippen MR) is 71.3 cm³/mol. The molecule has 104 valence electrons. The van der Waals surface area contributed by atoms with Crippen LogP contribution in [0.25, 0.3) is 0 Å². The van der Waals surface area contributed by atoms with Gasteiger partial charge in [-0.15, -0.1) is 0 Å². The summed E-state index contributed by atoms with van der Waals surface area (Å²) in [7, 11) is 0. The molecule has 0 saturated heterocycles. The molecule has 0 amide bonds. The van der Waals surface area contributed by atoms with Crippen LogP contribution < -0.4 is 4.74 Å².